The lowest BCUT2D eigenvalue weighted by molar-refractivity contribution is -0.384. The van der Waals surface area contributed by atoms with Crippen molar-refractivity contribution in [3.05, 3.63) is 38.9 Å². The average molecular weight is 313 g/mol. The van der Waals surface area contributed by atoms with E-state index in [2.05, 4.69) is 0 Å². The number of non-ortho nitro benzene ring substituents is 1. The Morgan fingerprint density at radius 3 is 2.71 bits per heavy atom. The third-order valence-electron chi connectivity index (χ3n) is 3.25. The molecular formula is C14H17ClN2O4. The number of rotatable bonds is 2. The lowest BCUT2D eigenvalue weighted by Gasteiger charge is -2.41. The molecule has 1 heterocycles. The van der Waals surface area contributed by atoms with Gasteiger partial charge in [0.1, 0.15) is 0 Å². The van der Waals surface area contributed by atoms with Crippen LogP contribution in [0.3, 0.4) is 0 Å². The van der Waals surface area contributed by atoms with Crippen molar-refractivity contribution < 1.29 is 14.5 Å². The number of carbonyl (C=O) groups is 1. The standard InChI is InChI=1S/C14H17ClN2O4/c1-9-7-16(8-14(2,3)21-9)13(18)11-5-4-10(17(19)20)6-12(11)15/h4-6,9H,7-8H2,1-3H3. The van der Waals surface area contributed by atoms with Crippen molar-refractivity contribution >= 4 is 23.2 Å². The third kappa shape index (κ3) is 3.51. The van der Waals surface area contributed by atoms with Gasteiger partial charge in [0.15, 0.2) is 0 Å². The van der Waals surface area contributed by atoms with Crippen LogP contribution in [0.4, 0.5) is 5.69 Å². The second kappa shape index (κ2) is 5.61. The lowest BCUT2D eigenvalue weighted by atomic mass is 10.0. The Kier molecular flexibility index (Phi) is 4.20. The molecule has 1 aromatic rings. The number of ether oxygens (including phenoxy) is 1. The van der Waals surface area contributed by atoms with Crippen LogP contribution in [0.15, 0.2) is 18.2 Å². The SMILES string of the molecule is CC1CN(C(=O)c2ccc([N+](=O)[O-])cc2Cl)CC(C)(C)O1. The molecule has 6 nitrogen and oxygen atoms in total. The number of carbonyl (C=O) groups excluding carboxylic acids is 1. The number of morpholine rings is 1. The quantitative estimate of drug-likeness (QED) is 0.621. The fraction of sp³-hybridized carbons (Fsp3) is 0.500. The van der Waals surface area contributed by atoms with Crippen molar-refractivity contribution in [1.29, 1.82) is 0 Å². The van der Waals surface area contributed by atoms with Gasteiger partial charge in [0, 0.05) is 25.2 Å². The summed E-state index contributed by atoms with van der Waals surface area (Å²) >= 11 is 6.01. The van der Waals surface area contributed by atoms with Crippen LogP contribution in [0.25, 0.3) is 0 Å². The predicted molar refractivity (Wildman–Crippen MR) is 78.6 cm³/mol. The van der Waals surface area contributed by atoms with Crippen LogP contribution in [-0.2, 0) is 4.74 Å². The Morgan fingerprint density at radius 2 is 2.19 bits per heavy atom. The van der Waals surface area contributed by atoms with Gasteiger partial charge in [-0.2, -0.15) is 0 Å². The van der Waals surface area contributed by atoms with Crippen molar-refractivity contribution in [3.63, 3.8) is 0 Å². The summed E-state index contributed by atoms with van der Waals surface area (Å²) in [6, 6.07) is 3.88. The van der Waals surface area contributed by atoms with Gasteiger partial charge in [-0.3, -0.25) is 14.9 Å². The average Bonchev–Trinajstić information content (AvgIpc) is 2.35. The smallest absolute Gasteiger partial charge is 0.270 e. The van der Waals surface area contributed by atoms with Crippen LogP contribution in [0.5, 0.6) is 0 Å². The van der Waals surface area contributed by atoms with E-state index in [1.807, 2.05) is 20.8 Å². The fourth-order valence-corrected chi connectivity index (χ4v) is 2.83. The first-order valence-electron chi connectivity index (χ1n) is 6.60. The van der Waals surface area contributed by atoms with Crippen molar-refractivity contribution in [3.8, 4) is 0 Å². The van der Waals surface area contributed by atoms with Crippen LogP contribution in [0.1, 0.15) is 31.1 Å². The van der Waals surface area contributed by atoms with Gasteiger partial charge in [0.2, 0.25) is 0 Å². The highest BCUT2D eigenvalue weighted by Gasteiger charge is 2.34. The molecule has 0 bridgehead atoms. The van der Waals surface area contributed by atoms with Crippen molar-refractivity contribution in [2.75, 3.05) is 13.1 Å². The van der Waals surface area contributed by atoms with Gasteiger partial charge >= 0.3 is 0 Å². The van der Waals surface area contributed by atoms with Gasteiger partial charge in [-0.05, 0) is 26.8 Å². The van der Waals surface area contributed by atoms with E-state index in [1.54, 1.807) is 4.90 Å². The van der Waals surface area contributed by atoms with Crippen LogP contribution in [0.2, 0.25) is 5.02 Å². The first kappa shape index (κ1) is 15.7. The van der Waals surface area contributed by atoms with Crippen LogP contribution < -0.4 is 0 Å². The molecule has 1 aliphatic rings. The topological polar surface area (TPSA) is 72.7 Å². The van der Waals surface area contributed by atoms with E-state index in [9.17, 15) is 14.9 Å². The highest BCUT2D eigenvalue weighted by Crippen LogP contribution is 2.27. The number of hydrogen-bond acceptors (Lipinski definition) is 4. The summed E-state index contributed by atoms with van der Waals surface area (Å²) in [6.45, 7) is 6.65. The molecule has 1 fully saturated rings. The molecule has 0 aliphatic carbocycles. The van der Waals surface area contributed by atoms with Gasteiger partial charge < -0.3 is 9.64 Å². The highest BCUT2D eigenvalue weighted by atomic mass is 35.5. The number of hydrogen-bond donors (Lipinski definition) is 0. The van der Waals surface area contributed by atoms with E-state index >= 15 is 0 Å². The summed E-state index contributed by atoms with van der Waals surface area (Å²) in [7, 11) is 0. The van der Waals surface area contributed by atoms with E-state index in [-0.39, 0.29) is 28.3 Å². The van der Waals surface area contributed by atoms with Gasteiger partial charge in [-0.1, -0.05) is 11.6 Å². The summed E-state index contributed by atoms with van der Waals surface area (Å²) in [5, 5.41) is 10.8. The highest BCUT2D eigenvalue weighted by molar-refractivity contribution is 6.34. The largest absolute Gasteiger partial charge is 0.369 e. The molecule has 0 N–H and O–H groups in total. The number of halogens is 1. The number of nitro groups is 1. The molecule has 114 valence electrons. The zero-order valence-electron chi connectivity index (χ0n) is 12.1. The van der Waals surface area contributed by atoms with Gasteiger partial charge in [-0.25, -0.2) is 0 Å². The Morgan fingerprint density at radius 1 is 1.52 bits per heavy atom. The van der Waals surface area contributed by atoms with E-state index in [0.717, 1.165) is 0 Å². The molecule has 21 heavy (non-hydrogen) atoms. The Bertz CT molecular complexity index is 588. The second-order valence-corrected chi connectivity index (χ2v) is 6.20. The number of amides is 1. The molecule has 2 rings (SSSR count). The minimum absolute atomic E-state index is 0.0745. The molecule has 1 unspecified atom stereocenters. The molecule has 0 spiro atoms. The van der Waals surface area contributed by atoms with Crippen molar-refractivity contribution in [1.82, 2.24) is 4.90 Å². The molecular weight excluding hydrogens is 296 g/mol. The minimum Gasteiger partial charge on any atom is -0.369 e. The lowest BCUT2D eigenvalue weighted by Crippen LogP contribution is -2.53. The second-order valence-electron chi connectivity index (χ2n) is 5.80. The molecule has 7 heteroatoms. The molecule has 1 aliphatic heterocycles. The minimum atomic E-state index is -0.542. The van der Waals surface area contributed by atoms with Crippen molar-refractivity contribution in [2.45, 2.75) is 32.5 Å². The molecule has 1 atom stereocenters. The number of benzene rings is 1. The maximum absolute atomic E-state index is 12.6. The molecule has 1 amide bonds. The zero-order chi connectivity index (χ0) is 15.8. The summed E-state index contributed by atoms with van der Waals surface area (Å²) in [6.07, 6.45) is -0.0745. The van der Waals surface area contributed by atoms with E-state index in [4.69, 9.17) is 16.3 Å². The number of nitrogens with zero attached hydrogens (tertiary/aromatic N) is 2. The monoisotopic (exact) mass is 312 g/mol. The zero-order valence-corrected chi connectivity index (χ0v) is 12.9. The van der Waals surface area contributed by atoms with E-state index < -0.39 is 10.5 Å². The van der Waals surface area contributed by atoms with E-state index in [1.165, 1.54) is 18.2 Å². The normalized spacial score (nSPS) is 21.1. The number of nitro benzene ring substituents is 1. The Labute approximate surface area is 127 Å². The van der Waals surface area contributed by atoms with Crippen molar-refractivity contribution in [2.24, 2.45) is 0 Å². The molecule has 0 saturated carbocycles. The van der Waals surface area contributed by atoms with Gasteiger partial charge in [0.05, 0.1) is 27.2 Å². The summed E-state index contributed by atoms with van der Waals surface area (Å²) in [4.78, 5) is 24.4. The predicted octanol–water partition coefficient (Wildman–Crippen LogP) is 2.89. The van der Waals surface area contributed by atoms with Gasteiger partial charge in [0.25, 0.3) is 11.6 Å². The summed E-state index contributed by atoms with van der Waals surface area (Å²) in [5.74, 6) is -0.238. The molecule has 1 aromatic carbocycles. The van der Waals surface area contributed by atoms with E-state index in [0.29, 0.717) is 13.1 Å². The third-order valence-corrected chi connectivity index (χ3v) is 3.56. The van der Waals surface area contributed by atoms with Gasteiger partial charge in [-0.15, -0.1) is 0 Å². The maximum atomic E-state index is 12.6. The first-order valence-corrected chi connectivity index (χ1v) is 6.98. The molecule has 1 saturated heterocycles. The van der Waals surface area contributed by atoms with Crippen LogP contribution in [-0.4, -0.2) is 40.5 Å². The maximum Gasteiger partial charge on any atom is 0.270 e. The van der Waals surface area contributed by atoms with Crippen LogP contribution in [0, 0.1) is 10.1 Å². The summed E-state index contributed by atoms with van der Waals surface area (Å²) in [5.41, 5.74) is -0.292. The summed E-state index contributed by atoms with van der Waals surface area (Å²) < 4.78 is 5.75. The molecule has 0 radical (unpaired) electrons. The first-order chi connectivity index (χ1) is 9.69. The Hall–Kier alpha value is -1.66. The molecule has 0 aromatic heterocycles. The fourth-order valence-electron chi connectivity index (χ4n) is 2.57. The Balaban J connectivity index is 2.26. The van der Waals surface area contributed by atoms with Crippen LogP contribution >= 0.6 is 11.6 Å².